The minimum absolute atomic E-state index is 0.0913. The molecule has 0 aromatic rings. The van der Waals surface area contributed by atoms with Gasteiger partial charge in [-0.05, 0) is 92.3 Å². The van der Waals surface area contributed by atoms with E-state index in [1.54, 1.807) is 6.92 Å². The summed E-state index contributed by atoms with van der Waals surface area (Å²) in [5.74, 6) is 3.92. The highest BCUT2D eigenvalue weighted by molar-refractivity contribution is 5.87. The van der Waals surface area contributed by atoms with Gasteiger partial charge in [0.05, 0.1) is 0 Å². The van der Waals surface area contributed by atoms with E-state index in [4.69, 9.17) is 0 Å². The van der Waals surface area contributed by atoms with Crippen LogP contribution in [0.5, 0.6) is 0 Å². The predicted molar refractivity (Wildman–Crippen MR) is 91.9 cm³/mol. The second kappa shape index (κ2) is 4.84. The maximum atomic E-state index is 12.3. The van der Waals surface area contributed by atoms with Gasteiger partial charge in [0.1, 0.15) is 5.60 Å². The largest absolute Gasteiger partial charge is 0.382 e. The molecule has 23 heavy (non-hydrogen) atoms. The molecule has 4 saturated carbocycles. The Labute approximate surface area is 141 Å². The number of aliphatic hydroxyl groups is 1. The topological polar surface area (TPSA) is 37.3 Å². The van der Waals surface area contributed by atoms with E-state index in [0.717, 1.165) is 23.7 Å². The number of hydrogen-bond donors (Lipinski definition) is 1. The Kier molecular flexibility index (Phi) is 3.39. The third-order valence-electron chi connectivity index (χ3n) is 9.30. The summed E-state index contributed by atoms with van der Waals surface area (Å²) in [6.45, 7) is 9.21. The van der Waals surface area contributed by atoms with Crippen molar-refractivity contribution in [2.75, 3.05) is 0 Å². The molecule has 130 valence electrons. The molecule has 0 aromatic heterocycles. The van der Waals surface area contributed by atoms with Gasteiger partial charge < -0.3 is 5.11 Å². The number of carbonyl (C=O) groups is 1. The molecule has 0 aromatic carbocycles. The Balaban J connectivity index is 1.66. The molecule has 0 aliphatic heterocycles. The normalized spacial score (nSPS) is 59.2. The zero-order chi connectivity index (χ0) is 16.6. The fraction of sp³-hybridized carbons (Fsp3) is 0.952. The van der Waals surface area contributed by atoms with Crippen LogP contribution in [0.15, 0.2) is 0 Å². The van der Waals surface area contributed by atoms with Gasteiger partial charge in [0.15, 0.2) is 5.78 Å². The second-order valence-corrected chi connectivity index (χ2v) is 10.3. The molecule has 4 fully saturated rings. The SMILES string of the molecule is CC1CC[C@H]2[C@@H]3CC[C@H]4CC(=O)[C@@](C)(O)C[C@]4(C)[C@H]3CC[C@]12C. The van der Waals surface area contributed by atoms with E-state index >= 15 is 0 Å². The third-order valence-corrected chi connectivity index (χ3v) is 9.30. The van der Waals surface area contributed by atoms with Crippen LogP contribution < -0.4 is 0 Å². The average molecular weight is 319 g/mol. The van der Waals surface area contributed by atoms with Crippen LogP contribution in [0.3, 0.4) is 0 Å². The highest BCUT2D eigenvalue weighted by atomic mass is 16.3. The summed E-state index contributed by atoms with van der Waals surface area (Å²) in [5, 5.41) is 10.7. The van der Waals surface area contributed by atoms with Gasteiger partial charge in [-0.1, -0.05) is 20.8 Å². The number of fused-ring (bicyclic) bond motifs is 5. The highest BCUT2D eigenvalue weighted by Gasteiger charge is 2.61. The molecule has 1 N–H and O–H groups in total. The Bertz CT molecular complexity index is 524. The molecule has 2 heteroatoms. The molecule has 8 atom stereocenters. The maximum absolute atomic E-state index is 12.3. The van der Waals surface area contributed by atoms with Crippen molar-refractivity contribution in [2.45, 2.75) is 84.7 Å². The summed E-state index contributed by atoms with van der Waals surface area (Å²) in [4.78, 5) is 12.3. The van der Waals surface area contributed by atoms with Crippen molar-refractivity contribution >= 4 is 5.78 Å². The van der Waals surface area contributed by atoms with Crippen LogP contribution in [-0.4, -0.2) is 16.5 Å². The van der Waals surface area contributed by atoms with Crippen LogP contribution >= 0.6 is 0 Å². The van der Waals surface area contributed by atoms with E-state index in [1.807, 2.05) is 0 Å². The third kappa shape index (κ3) is 2.06. The van der Waals surface area contributed by atoms with Crippen LogP contribution in [-0.2, 0) is 4.79 Å². The van der Waals surface area contributed by atoms with Crippen molar-refractivity contribution < 1.29 is 9.90 Å². The Morgan fingerprint density at radius 2 is 1.65 bits per heavy atom. The second-order valence-electron chi connectivity index (χ2n) is 10.3. The summed E-state index contributed by atoms with van der Waals surface area (Å²) < 4.78 is 0. The smallest absolute Gasteiger partial charge is 0.164 e. The van der Waals surface area contributed by atoms with E-state index in [9.17, 15) is 9.90 Å². The van der Waals surface area contributed by atoms with Gasteiger partial charge in [0.2, 0.25) is 0 Å². The van der Waals surface area contributed by atoms with Crippen molar-refractivity contribution in [3.8, 4) is 0 Å². The summed E-state index contributed by atoms with van der Waals surface area (Å²) in [5.41, 5.74) is -0.359. The first kappa shape index (κ1) is 16.1. The zero-order valence-corrected chi connectivity index (χ0v) is 15.4. The number of rotatable bonds is 0. The lowest BCUT2D eigenvalue weighted by Crippen LogP contribution is -2.58. The minimum Gasteiger partial charge on any atom is -0.382 e. The Morgan fingerprint density at radius 1 is 0.957 bits per heavy atom. The minimum atomic E-state index is -1.09. The summed E-state index contributed by atoms with van der Waals surface area (Å²) in [6.07, 6.45) is 9.34. The first-order valence-corrected chi connectivity index (χ1v) is 9.94. The van der Waals surface area contributed by atoms with E-state index in [-0.39, 0.29) is 11.2 Å². The number of Topliss-reactive ketones (excluding diaryl/α,β-unsaturated/α-hetero) is 1. The lowest BCUT2D eigenvalue weighted by Gasteiger charge is -2.61. The monoisotopic (exact) mass is 318 g/mol. The molecular weight excluding hydrogens is 284 g/mol. The molecule has 0 saturated heterocycles. The molecule has 4 aliphatic carbocycles. The molecule has 1 unspecified atom stereocenters. The molecule has 2 nitrogen and oxygen atoms in total. The standard InChI is InChI=1S/C21H34O2/c1-13-5-8-16-15-7-6-14-11-18(22)21(4,23)12-20(14,3)17(15)9-10-19(13,16)2/h13-17,23H,5-12H2,1-4H3/t13?,14-,15-,16-,17-,19+,20-,21-/m0/s1. The van der Waals surface area contributed by atoms with Crippen LogP contribution in [0, 0.1) is 40.4 Å². The first-order chi connectivity index (χ1) is 10.7. The molecule has 0 spiro atoms. The van der Waals surface area contributed by atoms with E-state index < -0.39 is 5.60 Å². The first-order valence-electron chi connectivity index (χ1n) is 9.94. The Hall–Kier alpha value is -0.370. The number of ketones is 1. The van der Waals surface area contributed by atoms with Gasteiger partial charge >= 0.3 is 0 Å². The van der Waals surface area contributed by atoms with Gasteiger partial charge in [0, 0.05) is 6.42 Å². The quantitative estimate of drug-likeness (QED) is 0.709. The van der Waals surface area contributed by atoms with Gasteiger partial charge in [-0.15, -0.1) is 0 Å². The lowest BCUT2D eigenvalue weighted by atomic mass is 9.43. The summed E-state index contributed by atoms with van der Waals surface area (Å²) in [7, 11) is 0. The molecular formula is C21H34O2. The van der Waals surface area contributed by atoms with Crippen LogP contribution in [0.4, 0.5) is 0 Å². The summed E-state index contributed by atoms with van der Waals surface area (Å²) in [6, 6.07) is 0. The molecule has 0 radical (unpaired) electrons. The fourth-order valence-electron chi connectivity index (χ4n) is 7.69. The van der Waals surface area contributed by atoms with Crippen LogP contribution in [0.25, 0.3) is 0 Å². The fourth-order valence-corrected chi connectivity index (χ4v) is 7.69. The Morgan fingerprint density at radius 3 is 2.39 bits per heavy atom. The maximum Gasteiger partial charge on any atom is 0.164 e. The lowest BCUT2D eigenvalue weighted by molar-refractivity contribution is -0.170. The van der Waals surface area contributed by atoms with E-state index in [0.29, 0.717) is 24.2 Å². The predicted octanol–water partition coefficient (Wildman–Crippen LogP) is 4.60. The van der Waals surface area contributed by atoms with Crippen molar-refractivity contribution in [1.29, 1.82) is 0 Å². The van der Waals surface area contributed by atoms with E-state index in [1.165, 1.54) is 38.5 Å². The van der Waals surface area contributed by atoms with E-state index in [2.05, 4.69) is 20.8 Å². The molecule has 0 bridgehead atoms. The van der Waals surface area contributed by atoms with Crippen molar-refractivity contribution in [2.24, 2.45) is 40.4 Å². The number of hydrogen-bond acceptors (Lipinski definition) is 2. The zero-order valence-electron chi connectivity index (χ0n) is 15.4. The molecule has 4 rings (SSSR count). The van der Waals surface area contributed by atoms with Crippen molar-refractivity contribution in [3.05, 3.63) is 0 Å². The van der Waals surface area contributed by atoms with Gasteiger partial charge in [-0.3, -0.25) is 4.79 Å². The van der Waals surface area contributed by atoms with Gasteiger partial charge in [0.25, 0.3) is 0 Å². The van der Waals surface area contributed by atoms with Crippen LogP contribution in [0.1, 0.15) is 79.1 Å². The molecule has 0 amide bonds. The molecule has 0 heterocycles. The van der Waals surface area contributed by atoms with Crippen LogP contribution in [0.2, 0.25) is 0 Å². The number of carbonyl (C=O) groups excluding carboxylic acids is 1. The van der Waals surface area contributed by atoms with Crippen molar-refractivity contribution in [3.63, 3.8) is 0 Å². The van der Waals surface area contributed by atoms with Gasteiger partial charge in [-0.2, -0.15) is 0 Å². The van der Waals surface area contributed by atoms with Gasteiger partial charge in [-0.25, -0.2) is 0 Å². The average Bonchev–Trinajstić information content (AvgIpc) is 2.76. The highest BCUT2D eigenvalue weighted by Crippen LogP contribution is 2.67. The summed E-state index contributed by atoms with van der Waals surface area (Å²) >= 11 is 0. The van der Waals surface area contributed by atoms with Crippen molar-refractivity contribution in [1.82, 2.24) is 0 Å². The molecule has 4 aliphatic rings.